The van der Waals surface area contributed by atoms with E-state index in [1.807, 2.05) is 0 Å². The molecule has 0 aliphatic rings. The molecule has 0 aliphatic heterocycles. The molecule has 0 fully saturated rings. The maximum Gasteiger partial charge on any atom is 0.138 e. The van der Waals surface area contributed by atoms with Crippen LogP contribution < -0.4 is 11.1 Å². The van der Waals surface area contributed by atoms with Crippen LogP contribution in [0.4, 0.5) is 11.6 Å². The van der Waals surface area contributed by atoms with E-state index < -0.39 is 0 Å². The zero-order valence-corrected chi connectivity index (χ0v) is 13.0. The SMILES string of the molecule is CC(C)N(C)CCNc1cc(N)nc(C(C)(C)C)n1. The Morgan fingerprint density at radius 2 is 1.95 bits per heavy atom. The van der Waals surface area contributed by atoms with Gasteiger partial charge in [0, 0.05) is 30.6 Å². The Hall–Kier alpha value is -1.36. The number of hydrogen-bond donors (Lipinski definition) is 2. The summed E-state index contributed by atoms with van der Waals surface area (Å²) < 4.78 is 0. The van der Waals surface area contributed by atoms with Gasteiger partial charge in [-0.05, 0) is 20.9 Å². The summed E-state index contributed by atoms with van der Waals surface area (Å²) >= 11 is 0. The third-order valence-electron chi connectivity index (χ3n) is 3.07. The molecule has 3 N–H and O–H groups in total. The van der Waals surface area contributed by atoms with Crippen molar-refractivity contribution < 1.29 is 0 Å². The number of nitrogens with one attached hydrogen (secondary N) is 1. The van der Waals surface area contributed by atoms with Gasteiger partial charge in [-0.2, -0.15) is 0 Å². The summed E-state index contributed by atoms with van der Waals surface area (Å²) in [6.45, 7) is 12.4. The minimum Gasteiger partial charge on any atom is -0.384 e. The lowest BCUT2D eigenvalue weighted by atomic mass is 9.96. The lowest BCUT2D eigenvalue weighted by molar-refractivity contribution is 0.284. The van der Waals surface area contributed by atoms with E-state index >= 15 is 0 Å². The average molecular weight is 265 g/mol. The Kier molecular flexibility index (Phi) is 5.11. The second-order valence-corrected chi connectivity index (χ2v) is 6.25. The van der Waals surface area contributed by atoms with E-state index in [0.29, 0.717) is 11.9 Å². The topological polar surface area (TPSA) is 67.1 Å². The number of nitrogens with two attached hydrogens (primary N) is 1. The van der Waals surface area contributed by atoms with E-state index in [1.165, 1.54) is 0 Å². The molecular formula is C14H27N5. The Morgan fingerprint density at radius 1 is 1.32 bits per heavy atom. The van der Waals surface area contributed by atoms with Gasteiger partial charge in [0.05, 0.1) is 0 Å². The first-order chi connectivity index (χ1) is 8.70. The van der Waals surface area contributed by atoms with Crippen LogP contribution in [-0.4, -0.2) is 41.0 Å². The molecule has 0 unspecified atom stereocenters. The first-order valence-corrected chi connectivity index (χ1v) is 6.79. The predicted octanol–water partition coefficient (Wildman–Crippen LogP) is 2.11. The maximum absolute atomic E-state index is 5.83. The largest absolute Gasteiger partial charge is 0.384 e. The molecule has 19 heavy (non-hydrogen) atoms. The number of nitrogen functional groups attached to an aromatic ring is 1. The number of rotatable bonds is 5. The Labute approximate surface area is 116 Å². The highest BCUT2D eigenvalue weighted by Gasteiger charge is 2.18. The quantitative estimate of drug-likeness (QED) is 0.853. The van der Waals surface area contributed by atoms with Crippen molar-refractivity contribution in [3.63, 3.8) is 0 Å². The van der Waals surface area contributed by atoms with Crippen LogP contribution in [0, 0.1) is 0 Å². The summed E-state index contributed by atoms with van der Waals surface area (Å²) in [4.78, 5) is 11.1. The van der Waals surface area contributed by atoms with Crippen LogP contribution in [0.5, 0.6) is 0 Å². The molecule has 108 valence electrons. The van der Waals surface area contributed by atoms with Crippen LogP contribution in [-0.2, 0) is 5.41 Å². The zero-order chi connectivity index (χ0) is 14.6. The second kappa shape index (κ2) is 6.19. The van der Waals surface area contributed by atoms with Crippen LogP contribution in [0.1, 0.15) is 40.4 Å². The number of anilines is 2. The summed E-state index contributed by atoms with van der Waals surface area (Å²) in [6, 6.07) is 2.33. The molecule has 0 aromatic carbocycles. The first-order valence-electron chi connectivity index (χ1n) is 6.79. The van der Waals surface area contributed by atoms with Crippen molar-refractivity contribution in [1.29, 1.82) is 0 Å². The summed E-state index contributed by atoms with van der Waals surface area (Å²) in [5.74, 6) is 2.08. The molecule has 5 nitrogen and oxygen atoms in total. The highest BCUT2D eigenvalue weighted by molar-refractivity contribution is 5.45. The number of aromatic nitrogens is 2. The lowest BCUT2D eigenvalue weighted by Gasteiger charge is -2.22. The molecule has 1 aromatic heterocycles. The molecule has 0 bridgehead atoms. The second-order valence-electron chi connectivity index (χ2n) is 6.25. The third-order valence-corrected chi connectivity index (χ3v) is 3.07. The molecule has 0 spiro atoms. The van der Waals surface area contributed by atoms with Crippen molar-refractivity contribution in [3.05, 3.63) is 11.9 Å². The van der Waals surface area contributed by atoms with Crippen molar-refractivity contribution >= 4 is 11.6 Å². The van der Waals surface area contributed by atoms with Crippen molar-refractivity contribution in [2.45, 2.75) is 46.1 Å². The van der Waals surface area contributed by atoms with E-state index in [0.717, 1.165) is 24.7 Å². The van der Waals surface area contributed by atoms with Gasteiger partial charge in [-0.25, -0.2) is 9.97 Å². The van der Waals surface area contributed by atoms with Gasteiger partial charge in [-0.15, -0.1) is 0 Å². The molecular weight excluding hydrogens is 238 g/mol. The van der Waals surface area contributed by atoms with Gasteiger partial charge in [-0.1, -0.05) is 20.8 Å². The standard InChI is InChI=1S/C14H27N5/c1-10(2)19(6)8-7-16-12-9-11(15)17-13(18-12)14(3,4)5/h9-10H,7-8H2,1-6H3,(H3,15,16,17,18). The summed E-state index contributed by atoms with van der Waals surface area (Å²) in [6.07, 6.45) is 0. The third kappa shape index (κ3) is 5.03. The van der Waals surface area contributed by atoms with Crippen LogP contribution >= 0.6 is 0 Å². The van der Waals surface area contributed by atoms with Crippen LogP contribution in [0.2, 0.25) is 0 Å². The van der Waals surface area contributed by atoms with E-state index in [1.54, 1.807) is 6.07 Å². The highest BCUT2D eigenvalue weighted by Crippen LogP contribution is 2.21. The number of likely N-dealkylation sites (N-methyl/N-ethyl adjacent to an activating group) is 1. The Balaban J connectivity index is 2.67. The smallest absolute Gasteiger partial charge is 0.138 e. The zero-order valence-electron chi connectivity index (χ0n) is 13.0. The Morgan fingerprint density at radius 3 is 2.47 bits per heavy atom. The summed E-state index contributed by atoms with van der Waals surface area (Å²) in [7, 11) is 2.11. The monoisotopic (exact) mass is 265 g/mol. The minimum atomic E-state index is -0.0967. The highest BCUT2D eigenvalue weighted by atomic mass is 15.1. The molecule has 0 amide bonds. The number of nitrogens with zero attached hydrogens (tertiary/aromatic N) is 3. The van der Waals surface area contributed by atoms with Gasteiger partial charge in [0.1, 0.15) is 17.5 Å². The van der Waals surface area contributed by atoms with Crippen molar-refractivity contribution in [2.75, 3.05) is 31.2 Å². The Bertz CT molecular complexity index is 409. The van der Waals surface area contributed by atoms with Crippen LogP contribution in [0.25, 0.3) is 0 Å². The molecule has 0 radical (unpaired) electrons. The van der Waals surface area contributed by atoms with Crippen LogP contribution in [0.3, 0.4) is 0 Å². The van der Waals surface area contributed by atoms with E-state index in [9.17, 15) is 0 Å². The molecule has 0 saturated carbocycles. The van der Waals surface area contributed by atoms with Gasteiger partial charge in [-0.3, -0.25) is 0 Å². The molecule has 1 heterocycles. The van der Waals surface area contributed by atoms with Crippen molar-refractivity contribution in [3.8, 4) is 0 Å². The molecule has 5 heteroatoms. The van der Waals surface area contributed by atoms with E-state index in [2.05, 4.69) is 61.9 Å². The first kappa shape index (κ1) is 15.7. The molecule has 0 saturated heterocycles. The van der Waals surface area contributed by atoms with Crippen molar-refractivity contribution in [1.82, 2.24) is 14.9 Å². The molecule has 1 rings (SSSR count). The van der Waals surface area contributed by atoms with Crippen LogP contribution in [0.15, 0.2) is 6.07 Å². The van der Waals surface area contributed by atoms with Gasteiger partial charge < -0.3 is 16.0 Å². The fourth-order valence-electron chi connectivity index (χ4n) is 1.51. The van der Waals surface area contributed by atoms with Gasteiger partial charge in [0.25, 0.3) is 0 Å². The predicted molar refractivity (Wildman–Crippen MR) is 81.4 cm³/mol. The van der Waals surface area contributed by atoms with Gasteiger partial charge >= 0.3 is 0 Å². The maximum atomic E-state index is 5.83. The van der Waals surface area contributed by atoms with Gasteiger partial charge in [0.15, 0.2) is 0 Å². The fourth-order valence-corrected chi connectivity index (χ4v) is 1.51. The fraction of sp³-hybridized carbons (Fsp3) is 0.714. The van der Waals surface area contributed by atoms with Gasteiger partial charge in [0.2, 0.25) is 0 Å². The lowest BCUT2D eigenvalue weighted by Crippen LogP contribution is -2.31. The number of hydrogen-bond acceptors (Lipinski definition) is 5. The van der Waals surface area contributed by atoms with E-state index in [-0.39, 0.29) is 5.41 Å². The molecule has 1 aromatic rings. The summed E-state index contributed by atoms with van der Waals surface area (Å²) in [5, 5.41) is 3.31. The minimum absolute atomic E-state index is 0.0967. The van der Waals surface area contributed by atoms with E-state index in [4.69, 9.17) is 5.73 Å². The summed E-state index contributed by atoms with van der Waals surface area (Å²) in [5.41, 5.74) is 5.74. The molecule has 0 aliphatic carbocycles. The average Bonchev–Trinajstić information content (AvgIpc) is 2.26. The normalized spacial score (nSPS) is 12.2. The van der Waals surface area contributed by atoms with Crippen molar-refractivity contribution in [2.24, 2.45) is 0 Å². The molecule has 0 atom stereocenters.